The molecule has 0 aromatic rings. The third kappa shape index (κ3) is 760. The van der Waals surface area contributed by atoms with E-state index in [2.05, 4.69) is 6.92 Å². The summed E-state index contributed by atoms with van der Waals surface area (Å²) in [5.74, 6) is -0.667. The number of aliphatic hydroxyl groups is 1. The Morgan fingerprint density at radius 2 is 1.38 bits per heavy atom. The first-order valence-electron chi connectivity index (χ1n) is 4.16. The Morgan fingerprint density at radius 1 is 1.15 bits per heavy atom. The monoisotopic (exact) mass is 192 g/mol. The van der Waals surface area contributed by atoms with E-state index in [4.69, 9.17) is 15.0 Å². The van der Waals surface area contributed by atoms with Crippen LogP contribution in [0.25, 0.3) is 0 Å². The van der Waals surface area contributed by atoms with Crippen molar-refractivity contribution in [3.63, 3.8) is 0 Å². The minimum absolute atomic E-state index is 0.167. The molecule has 2 N–H and O–H groups in total. The number of carbonyl (C=O) groups is 2. The average Bonchev–Trinajstić information content (AvgIpc) is 1.86. The SMILES string of the molecule is CC(=O)O.CC(C)=O.CCCCO. The van der Waals surface area contributed by atoms with E-state index >= 15 is 0 Å². The summed E-state index contributed by atoms with van der Waals surface area (Å²) in [5, 5.41) is 15.5. The molecule has 0 aliphatic heterocycles. The molecule has 0 spiro atoms. The Balaban J connectivity index is -0.000000117. The standard InChI is InChI=1S/C4H10O.C3H6O.C2H4O2/c1-2-3-4-5;1-3(2)4;1-2(3)4/h5H,2-4H2,1H3;1-2H3;1H3,(H,3,4). The fourth-order valence-electron chi connectivity index (χ4n) is 0.158. The molecule has 0 unspecified atom stereocenters. The Labute approximate surface area is 79.6 Å². The number of unbranched alkanes of at least 4 members (excludes halogenated alkanes) is 1. The minimum Gasteiger partial charge on any atom is -0.481 e. The van der Waals surface area contributed by atoms with Gasteiger partial charge in [-0.2, -0.15) is 0 Å². The highest BCUT2D eigenvalue weighted by Crippen LogP contribution is 1.78. The van der Waals surface area contributed by atoms with Crippen LogP contribution in [0.3, 0.4) is 0 Å². The number of aliphatic hydroxyl groups excluding tert-OH is 1. The second-order valence-corrected chi connectivity index (χ2v) is 2.50. The number of ketones is 1. The first kappa shape index (κ1) is 18.0. The van der Waals surface area contributed by atoms with Gasteiger partial charge in [-0.25, -0.2) is 0 Å². The Bertz CT molecular complexity index is 98.8. The predicted octanol–water partition coefficient (Wildman–Crippen LogP) is 1.46. The van der Waals surface area contributed by atoms with Crippen LogP contribution >= 0.6 is 0 Å². The van der Waals surface area contributed by atoms with Crippen LogP contribution in [-0.2, 0) is 9.59 Å². The van der Waals surface area contributed by atoms with Crippen LogP contribution in [0.4, 0.5) is 0 Å². The van der Waals surface area contributed by atoms with Gasteiger partial charge >= 0.3 is 0 Å². The van der Waals surface area contributed by atoms with Crippen molar-refractivity contribution in [1.29, 1.82) is 0 Å². The zero-order chi connectivity index (χ0) is 11.3. The summed E-state index contributed by atoms with van der Waals surface area (Å²) in [6.07, 6.45) is 2.04. The van der Waals surface area contributed by atoms with Crippen LogP contribution in [-0.4, -0.2) is 28.6 Å². The van der Waals surface area contributed by atoms with Crippen LogP contribution in [0.5, 0.6) is 0 Å². The summed E-state index contributed by atoms with van der Waals surface area (Å²) in [6, 6.07) is 0. The maximum absolute atomic E-state index is 9.44. The second-order valence-electron chi connectivity index (χ2n) is 2.50. The number of carboxylic acids is 1. The van der Waals surface area contributed by atoms with Crippen molar-refractivity contribution in [3.05, 3.63) is 0 Å². The van der Waals surface area contributed by atoms with Crippen molar-refractivity contribution in [1.82, 2.24) is 0 Å². The molecule has 80 valence electrons. The molecule has 0 bridgehead atoms. The molecule has 0 heterocycles. The van der Waals surface area contributed by atoms with E-state index in [0.29, 0.717) is 6.61 Å². The highest BCUT2D eigenvalue weighted by atomic mass is 16.4. The normalized spacial score (nSPS) is 7.15. The van der Waals surface area contributed by atoms with Crippen LogP contribution in [0, 0.1) is 0 Å². The van der Waals surface area contributed by atoms with Crippen molar-refractivity contribution < 1.29 is 19.8 Å². The summed E-state index contributed by atoms with van der Waals surface area (Å²) >= 11 is 0. The quantitative estimate of drug-likeness (QED) is 0.694. The summed E-state index contributed by atoms with van der Waals surface area (Å²) < 4.78 is 0. The lowest BCUT2D eigenvalue weighted by molar-refractivity contribution is -0.134. The van der Waals surface area contributed by atoms with E-state index in [1.54, 1.807) is 0 Å². The van der Waals surface area contributed by atoms with Gasteiger partial charge in [-0.15, -0.1) is 0 Å². The van der Waals surface area contributed by atoms with Gasteiger partial charge in [0, 0.05) is 13.5 Å². The highest BCUT2D eigenvalue weighted by Gasteiger charge is 1.69. The van der Waals surface area contributed by atoms with E-state index in [1.807, 2.05) is 0 Å². The fraction of sp³-hybridized carbons (Fsp3) is 0.778. The molecule has 4 nitrogen and oxygen atoms in total. The molecule has 0 atom stereocenters. The first-order chi connectivity index (χ1) is 5.88. The summed E-state index contributed by atoms with van der Waals surface area (Å²) in [7, 11) is 0. The molecule has 0 saturated carbocycles. The molecule has 0 aromatic heterocycles. The fourth-order valence-corrected chi connectivity index (χ4v) is 0.158. The number of hydrogen-bond donors (Lipinski definition) is 2. The molecule has 0 aromatic carbocycles. The maximum atomic E-state index is 9.44. The van der Waals surface area contributed by atoms with Crippen molar-refractivity contribution in [2.24, 2.45) is 0 Å². The van der Waals surface area contributed by atoms with E-state index in [-0.39, 0.29) is 5.78 Å². The maximum Gasteiger partial charge on any atom is 0.300 e. The van der Waals surface area contributed by atoms with E-state index < -0.39 is 5.97 Å². The molecule has 0 amide bonds. The lowest BCUT2D eigenvalue weighted by Crippen LogP contribution is -1.78. The molecular formula is C9H20O4. The number of Topliss-reactive ketones (excluding diaryl/α,β-unsaturated/α-hetero) is 1. The van der Waals surface area contributed by atoms with Gasteiger partial charge in [-0.05, 0) is 20.3 Å². The van der Waals surface area contributed by atoms with Gasteiger partial charge in [-0.1, -0.05) is 13.3 Å². The van der Waals surface area contributed by atoms with Gasteiger partial charge in [0.1, 0.15) is 5.78 Å². The lowest BCUT2D eigenvalue weighted by Gasteiger charge is -1.79. The summed E-state index contributed by atoms with van der Waals surface area (Å²) in [6.45, 7) is 6.53. The van der Waals surface area contributed by atoms with Gasteiger partial charge in [0.2, 0.25) is 0 Å². The number of rotatable bonds is 2. The van der Waals surface area contributed by atoms with Gasteiger partial charge in [0.25, 0.3) is 5.97 Å². The van der Waals surface area contributed by atoms with Gasteiger partial charge in [-0.3, -0.25) is 4.79 Å². The topological polar surface area (TPSA) is 74.6 Å². The minimum atomic E-state index is -0.833. The zero-order valence-electron chi connectivity index (χ0n) is 8.83. The van der Waals surface area contributed by atoms with Crippen LogP contribution in [0.2, 0.25) is 0 Å². The third-order valence-corrected chi connectivity index (χ3v) is 0.512. The molecule has 0 aliphatic carbocycles. The summed E-state index contributed by atoms with van der Waals surface area (Å²) in [4.78, 5) is 18.4. The Kier molecular flexibility index (Phi) is 23.9. The smallest absolute Gasteiger partial charge is 0.300 e. The number of carbonyl (C=O) groups excluding carboxylic acids is 1. The van der Waals surface area contributed by atoms with Crippen molar-refractivity contribution in [2.75, 3.05) is 6.61 Å². The van der Waals surface area contributed by atoms with Gasteiger partial charge < -0.3 is 15.0 Å². The largest absolute Gasteiger partial charge is 0.481 e. The number of hydrogen-bond acceptors (Lipinski definition) is 3. The number of carboxylic acid groups (broad SMARTS) is 1. The molecule has 0 saturated heterocycles. The molecular weight excluding hydrogens is 172 g/mol. The molecule has 13 heavy (non-hydrogen) atoms. The molecule has 4 heteroatoms. The summed E-state index contributed by atoms with van der Waals surface area (Å²) in [5.41, 5.74) is 0. The molecule has 0 rings (SSSR count). The molecule has 0 aliphatic rings. The van der Waals surface area contributed by atoms with E-state index in [0.717, 1.165) is 19.8 Å². The molecule has 0 radical (unpaired) electrons. The average molecular weight is 192 g/mol. The van der Waals surface area contributed by atoms with Crippen LogP contribution in [0.1, 0.15) is 40.5 Å². The Morgan fingerprint density at radius 3 is 1.38 bits per heavy atom. The van der Waals surface area contributed by atoms with Crippen molar-refractivity contribution in [2.45, 2.75) is 40.5 Å². The van der Waals surface area contributed by atoms with E-state index in [1.165, 1.54) is 13.8 Å². The Hall–Kier alpha value is -0.900. The molecule has 0 fully saturated rings. The predicted molar refractivity (Wildman–Crippen MR) is 51.7 cm³/mol. The number of aliphatic carboxylic acids is 1. The van der Waals surface area contributed by atoms with Gasteiger partial charge in [0.15, 0.2) is 0 Å². The van der Waals surface area contributed by atoms with Crippen LogP contribution < -0.4 is 0 Å². The van der Waals surface area contributed by atoms with Crippen molar-refractivity contribution in [3.8, 4) is 0 Å². The van der Waals surface area contributed by atoms with E-state index in [9.17, 15) is 4.79 Å². The first-order valence-corrected chi connectivity index (χ1v) is 4.16. The second kappa shape index (κ2) is 17.3. The van der Waals surface area contributed by atoms with Crippen molar-refractivity contribution >= 4 is 11.8 Å². The highest BCUT2D eigenvalue weighted by molar-refractivity contribution is 5.72. The lowest BCUT2D eigenvalue weighted by atomic mass is 10.4. The third-order valence-electron chi connectivity index (χ3n) is 0.512. The zero-order valence-corrected chi connectivity index (χ0v) is 8.83. The van der Waals surface area contributed by atoms with Gasteiger partial charge in [0.05, 0.1) is 0 Å². The van der Waals surface area contributed by atoms with Crippen LogP contribution in [0.15, 0.2) is 0 Å².